The number of para-hydroxylation sites is 2. The van der Waals surface area contributed by atoms with E-state index in [1.165, 1.54) is 11.3 Å². The molecule has 1 aromatic heterocycles. The lowest BCUT2D eigenvalue weighted by atomic mass is 9.95. The molecule has 0 saturated carbocycles. The number of benzene rings is 2. The van der Waals surface area contributed by atoms with Gasteiger partial charge < -0.3 is 21.3 Å². The molecule has 2 heterocycles. The van der Waals surface area contributed by atoms with Crippen molar-refractivity contribution in [2.24, 2.45) is 11.8 Å². The Labute approximate surface area is 219 Å². The van der Waals surface area contributed by atoms with Crippen LogP contribution in [-0.2, 0) is 9.59 Å². The van der Waals surface area contributed by atoms with Gasteiger partial charge >= 0.3 is 6.03 Å². The predicted molar refractivity (Wildman–Crippen MR) is 143 cm³/mol. The molecule has 9 nitrogen and oxygen atoms in total. The van der Waals surface area contributed by atoms with Crippen LogP contribution in [0.5, 0.6) is 0 Å². The van der Waals surface area contributed by atoms with Crippen LogP contribution < -0.4 is 21.3 Å². The molecule has 1 saturated heterocycles. The Morgan fingerprint density at radius 2 is 1.76 bits per heavy atom. The van der Waals surface area contributed by atoms with Crippen LogP contribution in [0.2, 0.25) is 0 Å². The van der Waals surface area contributed by atoms with Gasteiger partial charge in [-0.05, 0) is 49.4 Å². The zero-order valence-electron chi connectivity index (χ0n) is 20.8. The summed E-state index contributed by atoms with van der Waals surface area (Å²) in [7, 11) is 0. The molecule has 2 aromatic carbocycles. The molecule has 10 heteroatoms. The third-order valence-electron chi connectivity index (χ3n) is 6.18. The standard InChI is InChI=1S/C27H31N5O4S/c1-16(2)14-21(32-27(36)29-18-8-4-3-5-9-18)25(35)30-20(15-17-12-13-28-24(17)34)23(33)26-31-19-10-6-7-11-22(19)37-26/h3-11,16-17,20-21H,12-15H2,1-2H3,(H,28,34)(H,30,35)(H2,29,32,36)/t17-,20-,21-/m0/s1. The number of urea groups is 1. The first-order valence-electron chi connectivity index (χ1n) is 12.4. The van der Waals surface area contributed by atoms with E-state index in [0.29, 0.717) is 30.6 Å². The van der Waals surface area contributed by atoms with E-state index in [2.05, 4.69) is 26.3 Å². The highest BCUT2D eigenvalue weighted by Crippen LogP contribution is 2.25. The summed E-state index contributed by atoms with van der Waals surface area (Å²) >= 11 is 1.26. The number of nitrogens with one attached hydrogen (secondary N) is 4. The van der Waals surface area contributed by atoms with Gasteiger partial charge in [-0.25, -0.2) is 9.78 Å². The molecule has 4 amide bonds. The van der Waals surface area contributed by atoms with Crippen LogP contribution in [0.4, 0.5) is 10.5 Å². The molecular weight excluding hydrogens is 490 g/mol. The molecule has 0 bridgehead atoms. The summed E-state index contributed by atoms with van der Waals surface area (Å²) in [6, 6.07) is 14.0. The largest absolute Gasteiger partial charge is 0.356 e. The number of ketones is 1. The van der Waals surface area contributed by atoms with E-state index in [9.17, 15) is 19.2 Å². The van der Waals surface area contributed by atoms with E-state index in [-0.39, 0.29) is 35.0 Å². The van der Waals surface area contributed by atoms with Crippen LogP contribution in [0.1, 0.15) is 42.9 Å². The van der Waals surface area contributed by atoms with Gasteiger partial charge in [-0.15, -0.1) is 11.3 Å². The van der Waals surface area contributed by atoms with E-state index < -0.39 is 24.0 Å². The smallest absolute Gasteiger partial charge is 0.319 e. The first-order chi connectivity index (χ1) is 17.8. The van der Waals surface area contributed by atoms with Gasteiger partial charge in [-0.3, -0.25) is 14.4 Å². The van der Waals surface area contributed by atoms with Gasteiger partial charge in [0.1, 0.15) is 6.04 Å². The fourth-order valence-electron chi connectivity index (χ4n) is 4.33. The summed E-state index contributed by atoms with van der Waals surface area (Å²) in [4.78, 5) is 56.4. The molecule has 0 radical (unpaired) electrons. The third kappa shape index (κ3) is 6.91. The molecular formula is C27H31N5O4S. The second-order valence-electron chi connectivity index (χ2n) is 9.57. The lowest BCUT2D eigenvalue weighted by Gasteiger charge is -2.24. The number of Topliss-reactive ketones (excluding diaryl/α,β-unsaturated/α-hetero) is 1. The summed E-state index contributed by atoms with van der Waals surface area (Å²) in [5, 5.41) is 11.4. The molecule has 37 heavy (non-hydrogen) atoms. The molecule has 4 N–H and O–H groups in total. The first-order valence-corrected chi connectivity index (χ1v) is 13.2. The number of nitrogens with zero attached hydrogens (tertiary/aromatic N) is 1. The Morgan fingerprint density at radius 3 is 2.43 bits per heavy atom. The van der Waals surface area contributed by atoms with Crippen LogP contribution in [0.3, 0.4) is 0 Å². The fraction of sp³-hybridized carbons (Fsp3) is 0.370. The Bertz CT molecular complexity index is 1240. The van der Waals surface area contributed by atoms with E-state index in [0.717, 1.165) is 4.70 Å². The number of amides is 4. The maximum Gasteiger partial charge on any atom is 0.319 e. The fourth-order valence-corrected chi connectivity index (χ4v) is 5.29. The highest BCUT2D eigenvalue weighted by molar-refractivity contribution is 7.20. The zero-order valence-corrected chi connectivity index (χ0v) is 21.6. The Hall–Kier alpha value is -3.79. The van der Waals surface area contributed by atoms with Gasteiger partial charge in [0, 0.05) is 18.2 Å². The van der Waals surface area contributed by atoms with Crippen molar-refractivity contribution in [2.45, 2.75) is 45.2 Å². The number of carbonyl (C=O) groups is 4. The molecule has 3 aromatic rings. The zero-order chi connectivity index (χ0) is 26.4. The molecule has 0 spiro atoms. The summed E-state index contributed by atoms with van der Waals surface area (Å²) < 4.78 is 0.867. The molecule has 0 aliphatic carbocycles. The molecule has 1 fully saturated rings. The maximum absolute atomic E-state index is 13.6. The molecule has 194 valence electrons. The van der Waals surface area contributed by atoms with Crippen molar-refractivity contribution in [3.05, 3.63) is 59.6 Å². The summed E-state index contributed by atoms with van der Waals surface area (Å²) in [6.45, 7) is 4.43. The molecule has 1 aliphatic heterocycles. The number of carbonyl (C=O) groups excluding carboxylic acids is 4. The maximum atomic E-state index is 13.6. The predicted octanol–water partition coefficient (Wildman–Crippen LogP) is 3.73. The SMILES string of the molecule is CC(C)C[C@H](NC(=O)Nc1ccccc1)C(=O)N[C@@H](C[C@@H]1CCNC1=O)C(=O)c1nc2ccccc2s1. The van der Waals surface area contributed by atoms with E-state index >= 15 is 0 Å². The second-order valence-corrected chi connectivity index (χ2v) is 10.6. The van der Waals surface area contributed by atoms with Gasteiger partial charge in [0.15, 0.2) is 5.01 Å². The number of rotatable bonds is 10. The minimum atomic E-state index is -0.949. The van der Waals surface area contributed by atoms with Gasteiger partial charge in [0.25, 0.3) is 0 Å². The number of aromatic nitrogens is 1. The van der Waals surface area contributed by atoms with Crippen molar-refractivity contribution in [3.8, 4) is 0 Å². The monoisotopic (exact) mass is 521 g/mol. The van der Waals surface area contributed by atoms with Crippen molar-refractivity contribution in [1.29, 1.82) is 0 Å². The van der Waals surface area contributed by atoms with Crippen molar-refractivity contribution in [3.63, 3.8) is 0 Å². The number of fused-ring (bicyclic) bond motifs is 1. The minimum absolute atomic E-state index is 0.104. The summed E-state index contributed by atoms with van der Waals surface area (Å²) in [6.07, 6.45) is 1.13. The Balaban J connectivity index is 1.52. The van der Waals surface area contributed by atoms with Gasteiger partial charge in [-0.2, -0.15) is 0 Å². The molecule has 3 atom stereocenters. The summed E-state index contributed by atoms with van der Waals surface area (Å²) in [5.74, 6) is -1.23. The highest BCUT2D eigenvalue weighted by Gasteiger charge is 2.34. The van der Waals surface area contributed by atoms with E-state index in [1.807, 2.05) is 44.2 Å². The lowest BCUT2D eigenvalue weighted by molar-refractivity contribution is -0.125. The second kappa shape index (κ2) is 12.0. The van der Waals surface area contributed by atoms with Gasteiger partial charge in [0.2, 0.25) is 17.6 Å². The van der Waals surface area contributed by atoms with Crippen molar-refractivity contribution < 1.29 is 19.2 Å². The average molecular weight is 522 g/mol. The number of thiazole rings is 1. The minimum Gasteiger partial charge on any atom is -0.356 e. The van der Waals surface area contributed by atoms with Crippen molar-refractivity contribution in [1.82, 2.24) is 20.9 Å². The number of anilines is 1. The number of hydrogen-bond acceptors (Lipinski definition) is 6. The van der Waals surface area contributed by atoms with Crippen molar-refractivity contribution in [2.75, 3.05) is 11.9 Å². The Morgan fingerprint density at radius 1 is 1.03 bits per heavy atom. The quantitative estimate of drug-likeness (QED) is 0.302. The first kappa shape index (κ1) is 26.3. The van der Waals surface area contributed by atoms with Gasteiger partial charge in [-0.1, -0.05) is 44.2 Å². The van der Waals surface area contributed by atoms with Crippen LogP contribution in [-0.4, -0.2) is 47.2 Å². The highest BCUT2D eigenvalue weighted by atomic mass is 32.1. The topological polar surface area (TPSA) is 129 Å². The Kier molecular flexibility index (Phi) is 8.50. The molecule has 0 unspecified atom stereocenters. The molecule has 4 rings (SSSR count). The lowest BCUT2D eigenvalue weighted by Crippen LogP contribution is -2.53. The third-order valence-corrected chi connectivity index (χ3v) is 7.23. The van der Waals surface area contributed by atoms with E-state index in [4.69, 9.17) is 0 Å². The average Bonchev–Trinajstić information content (AvgIpc) is 3.49. The van der Waals surface area contributed by atoms with Crippen LogP contribution in [0.25, 0.3) is 10.2 Å². The van der Waals surface area contributed by atoms with Crippen molar-refractivity contribution >= 4 is 50.9 Å². The number of hydrogen-bond donors (Lipinski definition) is 4. The van der Waals surface area contributed by atoms with Gasteiger partial charge in [0.05, 0.1) is 16.3 Å². The van der Waals surface area contributed by atoms with Crippen LogP contribution in [0, 0.1) is 11.8 Å². The summed E-state index contributed by atoms with van der Waals surface area (Å²) in [5.41, 5.74) is 1.30. The molecule has 1 aliphatic rings. The normalized spacial score (nSPS) is 16.7. The van der Waals surface area contributed by atoms with E-state index in [1.54, 1.807) is 24.3 Å². The van der Waals surface area contributed by atoms with Crippen LogP contribution in [0.15, 0.2) is 54.6 Å². The van der Waals surface area contributed by atoms with Crippen LogP contribution >= 0.6 is 11.3 Å².